The molecule has 2 unspecified atom stereocenters. The van der Waals surface area contributed by atoms with Crippen molar-refractivity contribution in [2.24, 2.45) is 5.73 Å². The fourth-order valence-electron chi connectivity index (χ4n) is 1.82. The van der Waals surface area contributed by atoms with Crippen molar-refractivity contribution in [1.29, 1.82) is 0 Å². The third-order valence-electron chi connectivity index (χ3n) is 2.73. The van der Waals surface area contributed by atoms with Crippen LogP contribution in [0.1, 0.15) is 19.8 Å². The number of carbonyl (C=O) groups excluding carboxylic acids is 1. The minimum Gasteiger partial charge on any atom is -0.385 e. The van der Waals surface area contributed by atoms with E-state index in [0.29, 0.717) is 32.7 Å². The van der Waals surface area contributed by atoms with Gasteiger partial charge >= 0.3 is 0 Å². The zero-order valence-electron chi connectivity index (χ0n) is 10.1. The van der Waals surface area contributed by atoms with Gasteiger partial charge in [-0.15, -0.1) is 0 Å². The summed E-state index contributed by atoms with van der Waals surface area (Å²) in [5.74, 6) is 0.0336. The van der Waals surface area contributed by atoms with Crippen LogP contribution in [0.5, 0.6) is 0 Å². The van der Waals surface area contributed by atoms with E-state index in [1.807, 2.05) is 6.92 Å². The molecule has 16 heavy (non-hydrogen) atoms. The predicted molar refractivity (Wildman–Crippen MR) is 61.1 cm³/mol. The molecule has 94 valence electrons. The third kappa shape index (κ3) is 4.08. The fraction of sp³-hybridized carbons (Fsp3) is 0.909. The highest BCUT2D eigenvalue weighted by molar-refractivity contribution is 5.81. The monoisotopic (exact) mass is 230 g/mol. The first-order chi connectivity index (χ1) is 7.65. The standard InChI is InChI=1S/C11H22N2O3/c1-9-8-13(5-7-16-9)11(14)10(12)4-3-6-15-2/h9-10H,3-8,12H2,1-2H3. The minimum absolute atomic E-state index is 0.0336. The van der Waals surface area contributed by atoms with E-state index >= 15 is 0 Å². The van der Waals surface area contributed by atoms with Gasteiger partial charge in [-0.1, -0.05) is 0 Å². The second-order valence-electron chi connectivity index (χ2n) is 4.21. The van der Waals surface area contributed by atoms with Crippen LogP contribution in [-0.4, -0.2) is 56.4 Å². The van der Waals surface area contributed by atoms with Crippen LogP contribution in [0.2, 0.25) is 0 Å². The number of nitrogens with zero attached hydrogens (tertiary/aromatic N) is 1. The fourth-order valence-corrected chi connectivity index (χ4v) is 1.82. The Morgan fingerprint density at radius 2 is 2.44 bits per heavy atom. The minimum atomic E-state index is -0.402. The molecule has 0 aliphatic carbocycles. The first-order valence-electron chi connectivity index (χ1n) is 5.80. The largest absolute Gasteiger partial charge is 0.385 e. The van der Waals surface area contributed by atoms with Crippen LogP contribution in [0.4, 0.5) is 0 Å². The molecule has 1 aliphatic rings. The Hall–Kier alpha value is -0.650. The van der Waals surface area contributed by atoms with Gasteiger partial charge in [0.25, 0.3) is 0 Å². The molecule has 0 bridgehead atoms. The molecule has 1 saturated heterocycles. The number of morpholine rings is 1. The summed E-state index contributed by atoms with van der Waals surface area (Å²) in [5, 5.41) is 0. The Balaban J connectivity index is 2.31. The van der Waals surface area contributed by atoms with Crippen LogP contribution in [-0.2, 0) is 14.3 Å². The lowest BCUT2D eigenvalue weighted by Crippen LogP contribution is -2.50. The average molecular weight is 230 g/mol. The quantitative estimate of drug-likeness (QED) is 0.675. The molecule has 5 nitrogen and oxygen atoms in total. The van der Waals surface area contributed by atoms with Crippen molar-refractivity contribution in [2.45, 2.75) is 31.9 Å². The van der Waals surface area contributed by atoms with Gasteiger partial charge in [0.1, 0.15) is 0 Å². The number of nitrogens with two attached hydrogens (primary N) is 1. The summed E-state index contributed by atoms with van der Waals surface area (Å²) in [6.07, 6.45) is 1.62. The van der Waals surface area contributed by atoms with Crippen LogP contribution in [0.25, 0.3) is 0 Å². The zero-order chi connectivity index (χ0) is 12.0. The van der Waals surface area contributed by atoms with E-state index in [1.165, 1.54) is 0 Å². The molecule has 1 amide bonds. The normalized spacial score (nSPS) is 23.2. The van der Waals surface area contributed by atoms with Crippen LogP contribution in [0.3, 0.4) is 0 Å². The highest BCUT2D eigenvalue weighted by atomic mass is 16.5. The summed E-state index contributed by atoms with van der Waals surface area (Å²) in [4.78, 5) is 13.7. The van der Waals surface area contributed by atoms with E-state index in [4.69, 9.17) is 15.2 Å². The molecular weight excluding hydrogens is 208 g/mol. The van der Waals surface area contributed by atoms with Crippen molar-refractivity contribution in [3.8, 4) is 0 Å². The molecule has 0 saturated carbocycles. The molecule has 2 N–H and O–H groups in total. The number of hydrogen-bond acceptors (Lipinski definition) is 4. The van der Waals surface area contributed by atoms with Gasteiger partial charge in [-0.25, -0.2) is 0 Å². The maximum absolute atomic E-state index is 11.9. The Kier molecular flexibility index (Phi) is 5.73. The number of carbonyl (C=O) groups is 1. The molecule has 0 spiro atoms. The van der Waals surface area contributed by atoms with Crippen LogP contribution < -0.4 is 5.73 Å². The summed E-state index contributed by atoms with van der Waals surface area (Å²) < 4.78 is 10.3. The highest BCUT2D eigenvalue weighted by Gasteiger charge is 2.25. The van der Waals surface area contributed by atoms with Crippen molar-refractivity contribution in [2.75, 3.05) is 33.4 Å². The van der Waals surface area contributed by atoms with Crippen LogP contribution in [0, 0.1) is 0 Å². The topological polar surface area (TPSA) is 64.8 Å². The van der Waals surface area contributed by atoms with E-state index in [-0.39, 0.29) is 12.0 Å². The maximum Gasteiger partial charge on any atom is 0.239 e. The highest BCUT2D eigenvalue weighted by Crippen LogP contribution is 2.07. The number of rotatable bonds is 5. The SMILES string of the molecule is COCCCC(N)C(=O)N1CCOC(C)C1. The van der Waals surface area contributed by atoms with E-state index in [9.17, 15) is 4.79 Å². The molecule has 0 radical (unpaired) electrons. The van der Waals surface area contributed by atoms with Gasteiger partial charge in [0.2, 0.25) is 5.91 Å². The van der Waals surface area contributed by atoms with E-state index in [2.05, 4.69) is 0 Å². The second-order valence-corrected chi connectivity index (χ2v) is 4.21. The molecule has 1 aliphatic heterocycles. The maximum atomic E-state index is 11.9. The molecule has 0 aromatic rings. The molecule has 1 fully saturated rings. The lowest BCUT2D eigenvalue weighted by Gasteiger charge is -2.32. The Morgan fingerprint density at radius 3 is 3.06 bits per heavy atom. The van der Waals surface area contributed by atoms with Gasteiger partial charge in [0.15, 0.2) is 0 Å². The molecule has 2 atom stereocenters. The van der Waals surface area contributed by atoms with E-state index in [0.717, 1.165) is 6.42 Å². The lowest BCUT2D eigenvalue weighted by molar-refractivity contribution is -0.139. The summed E-state index contributed by atoms with van der Waals surface area (Å²) in [5.41, 5.74) is 5.85. The van der Waals surface area contributed by atoms with Crippen molar-refractivity contribution in [3.05, 3.63) is 0 Å². The molecule has 1 heterocycles. The lowest BCUT2D eigenvalue weighted by atomic mass is 10.1. The summed E-state index contributed by atoms with van der Waals surface area (Å²) in [6, 6.07) is -0.402. The third-order valence-corrected chi connectivity index (χ3v) is 2.73. The Bertz CT molecular complexity index is 223. The summed E-state index contributed by atoms with van der Waals surface area (Å²) in [6.45, 7) is 4.53. The number of amides is 1. The molecular formula is C11H22N2O3. The van der Waals surface area contributed by atoms with Gasteiger partial charge in [0.05, 0.1) is 18.8 Å². The average Bonchev–Trinajstić information content (AvgIpc) is 2.28. The van der Waals surface area contributed by atoms with Crippen molar-refractivity contribution < 1.29 is 14.3 Å². The van der Waals surface area contributed by atoms with Crippen molar-refractivity contribution >= 4 is 5.91 Å². The van der Waals surface area contributed by atoms with Gasteiger partial charge in [-0.2, -0.15) is 0 Å². The van der Waals surface area contributed by atoms with Crippen molar-refractivity contribution in [1.82, 2.24) is 4.90 Å². The zero-order valence-corrected chi connectivity index (χ0v) is 10.1. The van der Waals surface area contributed by atoms with Gasteiger partial charge in [-0.3, -0.25) is 4.79 Å². The molecule has 0 aromatic heterocycles. The number of ether oxygens (including phenoxy) is 2. The first kappa shape index (κ1) is 13.4. The first-order valence-corrected chi connectivity index (χ1v) is 5.80. The summed E-state index contributed by atoms with van der Waals surface area (Å²) in [7, 11) is 1.65. The number of hydrogen-bond donors (Lipinski definition) is 1. The predicted octanol–water partition coefficient (Wildman–Crippen LogP) is -0.0124. The second kappa shape index (κ2) is 6.83. The van der Waals surface area contributed by atoms with Gasteiger partial charge < -0.3 is 20.1 Å². The van der Waals surface area contributed by atoms with Crippen molar-refractivity contribution in [3.63, 3.8) is 0 Å². The Morgan fingerprint density at radius 1 is 1.69 bits per heavy atom. The van der Waals surface area contributed by atoms with Gasteiger partial charge in [-0.05, 0) is 19.8 Å². The van der Waals surface area contributed by atoms with E-state index < -0.39 is 6.04 Å². The Labute approximate surface area is 96.9 Å². The summed E-state index contributed by atoms with van der Waals surface area (Å²) >= 11 is 0. The van der Waals surface area contributed by atoms with Crippen LogP contribution >= 0.6 is 0 Å². The molecule has 5 heteroatoms. The smallest absolute Gasteiger partial charge is 0.239 e. The number of methoxy groups -OCH3 is 1. The van der Waals surface area contributed by atoms with E-state index in [1.54, 1.807) is 12.0 Å². The molecule has 1 rings (SSSR count). The van der Waals surface area contributed by atoms with Crippen LogP contribution in [0.15, 0.2) is 0 Å². The van der Waals surface area contributed by atoms with Gasteiger partial charge in [0, 0.05) is 26.8 Å². The molecule has 0 aromatic carbocycles.